The van der Waals surface area contributed by atoms with E-state index in [-0.39, 0.29) is 31.2 Å². The predicted molar refractivity (Wildman–Crippen MR) is 122 cm³/mol. The van der Waals surface area contributed by atoms with Crippen LogP contribution in [0, 0.1) is 5.82 Å². The van der Waals surface area contributed by atoms with Gasteiger partial charge in [-0.3, -0.25) is 29.5 Å². The third-order valence-corrected chi connectivity index (χ3v) is 5.80. The third-order valence-electron chi connectivity index (χ3n) is 5.80. The van der Waals surface area contributed by atoms with Gasteiger partial charge in [0.25, 0.3) is 11.8 Å². The van der Waals surface area contributed by atoms with E-state index in [0.29, 0.717) is 31.9 Å². The number of hydrazine groups is 3. The molecule has 1 aromatic rings. The summed E-state index contributed by atoms with van der Waals surface area (Å²) in [7, 11) is 1.81. The zero-order valence-electron chi connectivity index (χ0n) is 19.5. The van der Waals surface area contributed by atoms with Gasteiger partial charge >= 0.3 is 12.5 Å². The molecule has 0 bridgehead atoms. The number of rotatable bonds is 7. The second kappa shape index (κ2) is 10.9. The van der Waals surface area contributed by atoms with E-state index in [1.54, 1.807) is 33.4 Å². The molecule has 3 heterocycles. The lowest BCUT2D eigenvalue weighted by Crippen LogP contribution is -2.50. The van der Waals surface area contributed by atoms with Crippen molar-refractivity contribution in [3.63, 3.8) is 0 Å². The summed E-state index contributed by atoms with van der Waals surface area (Å²) >= 11 is 0. The Labute approximate surface area is 205 Å². The van der Waals surface area contributed by atoms with Crippen molar-refractivity contribution in [1.29, 1.82) is 0 Å². The summed E-state index contributed by atoms with van der Waals surface area (Å²) in [6.45, 7) is 1.40. The Balaban J connectivity index is 1.33. The van der Waals surface area contributed by atoms with Crippen LogP contribution in [0.1, 0.15) is 0 Å². The first-order valence-corrected chi connectivity index (χ1v) is 11.3. The van der Waals surface area contributed by atoms with Crippen LogP contribution in [0.2, 0.25) is 0 Å². The highest BCUT2D eigenvalue weighted by Crippen LogP contribution is 2.28. The van der Waals surface area contributed by atoms with Crippen molar-refractivity contribution in [2.75, 3.05) is 62.7 Å². The van der Waals surface area contributed by atoms with E-state index >= 15 is 4.39 Å². The number of nitrogens with one attached hydrogen (secondary N) is 3. The quantitative estimate of drug-likeness (QED) is 0.458. The maximum Gasteiger partial charge on any atom is 0.414 e. The highest BCUT2D eigenvalue weighted by Gasteiger charge is 2.33. The molecule has 196 valence electrons. The molecule has 2 saturated heterocycles. The van der Waals surface area contributed by atoms with Gasteiger partial charge in [-0.2, -0.15) is 8.78 Å². The maximum absolute atomic E-state index is 15.1. The number of anilines is 2. The van der Waals surface area contributed by atoms with Crippen LogP contribution in [0.5, 0.6) is 0 Å². The number of benzene rings is 1. The highest BCUT2D eigenvalue weighted by molar-refractivity contribution is 5.90. The number of halogens is 3. The molecule has 1 aromatic carbocycles. The lowest BCUT2D eigenvalue weighted by Gasteiger charge is -2.26. The van der Waals surface area contributed by atoms with E-state index in [4.69, 9.17) is 4.74 Å². The minimum Gasteiger partial charge on any atom is -0.442 e. The summed E-state index contributed by atoms with van der Waals surface area (Å²) in [6, 6.07) is 4.29. The van der Waals surface area contributed by atoms with Gasteiger partial charge in [-0.1, -0.05) is 0 Å². The number of hydrogen-bond acceptors (Lipinski definition) is 9. The summed E-state index contributed by atoms with van der Waals surface area (Å²) in [5, 5.41) is 6.87. The third kappa shape index (κ3) is 5.91. The van der Waals surface area contributed by atoms with Crippen LogP contribution in [0.25, 0.3) is 0 Å². The van der Waals surface area contributed by atoms with Crippen LogP contribution in [0.4, 0.5) is 29.3 Å². The minimum atomic E-state index is -3.17. The Morgan fingerprint density at radius 3 is 2.72 bits per heavy atom. The summed E-state index contributed by atoms with van der Waals surface area (Å²) in [5.74, 6) is -2.17. The molecule has 3 aliphatic heterocycles. The molecular weight excluding hydrogens is 485 g/mol. The average molecular weight is 512 g/mol. The van der Waals surface area contributed by atoms with E-state index in [2.05, 4.69) is 11.0 Å². The van der Waals surface area contributed by atoms with Gasteiger partial charge in [-0.05, 0) is 18.2 Å². The summed E-state index contributed by atoms with van der Waals surface area (Å²) in [5.41, 5.74) is 6.58. The van der Waals surface area contributed by atoms with Crippen molar-refractivity contribution in [2.45, 2.75) is 12.5 Å². The molecule has 0 aliphatic carbocycles. The van der Waals surface area contributed by atoms with Gasteiger partial charge in [0.2, 0.25) is 0 Å². The van der Waals surface area contributed by atoms with Gasteiger partial charge in [-0.15, -0.1) is 5.53 Å². The van der Waals surface area contributed by atoms with E-state index in [9.17, 15) is 23.2 Å². The standard InChI is InChI=1S/C21H27F3N8O4/c1-28-6-8-30(27-28)13-18(33)32-9-7-29(5-4-26-32)17-3-2-14(10-16(17)22)31-12-15(36-21(31)35)11-25-20(34)19(23)24/h2-3,6,8,10,15,19,26-27H,4-5,7,9,11-13H2,1H3,(H,25,34)/t15-/m0/s1. The van der Waals surface area contributed by atoms with Crippen LogP contribution in [-0.2, 0) is 14.3 Å². The summed E-state index contributed by atoms with van der Waals surface area (Å²) in [4.78, 5) is 38.8. The molecule has 36 heavy (non-hydrogen) atoms. The average Bonchev–Trinajstić information content (AvgIpc) is 3.32. The van der Waals surface area contributed by atoms with E-state index in [1.807, 2.05) is 12.4 Å². The maximum atomic E-state index is 15.1. The van der Waals surface area contributed by atoms with E-state index in [1.165, 1.54) is 22.0 Å². The fraction of sp³-hybridized carbons (Fsp3) is 0.476. The van der Waals surface area contributed by atoms with E-state index in [0.717, 1.165) is 0 Å². The zero-order valence-corrected chi connectivity index (χ0v) is 19.5. The number of carbonyl (C=O) groups is 3. The SMILES string of the molecule is CN1C=CN(CC(=O)N2CCN(c3ccc(N4C[C@H](CNC(=O)C(F)F)OC4=O)cc3F)CCN2)N1. The van der Waals surface area contributed by atoms with Crippen molar-refractivity contribution in [1.82, 2.24) is 31.3 Å². The Kier molecular flexibility index (Phi) is 7.69. The van der Waals surface area contributed by atoms with Gasteiger partial charge in [0.05, 0.1) is 31.0 Å². The zero-order chi connectivity index (χ0) is 25.8. The van der Waals surface area contributed by atoms with Crippen LogP contribution < -0.4 is 26.1 Å². The first-order chi connectivity index (χ1) is 17.2. The molecule has 4 rings (SSSR count). The molecular formula is C21H27F3N8O4. The molecule has 3 amide bonds. The molecule has 3 aliphatic rings. The fourth-order valence-electron chi connectivity index (χ4n) is 4.00. The van der Waals surface area contributed by atoms with Crippen LogP contribution in [-0.4, -0.2) is 98.3 Å². The molecule has 0 saturated carbocycles. The Morgan fingerprint density at radius 1 is 1.22 bits per heavy atom. The molecule has 1 atom stereocenters. The van der Waals surface area contributed by atoms with Gasteiger partial charge in [0, 0.05) is 39.1 Å². The number of hydrogen-bond donors (Lipinski definition) is 3. The Hall–Kier alpha value is -3.72. The molecule has 12 nitrogen and oxygen atoms in total. The predicted octanol–water partition coefficient (Wildman–Crippen LogP) is -0.176. The lowest BCUT2D eigenvalue weighted by atomic mass is 10.2. The van der Waals surface area contributed by atoms with Crippen molar-refractivity contribution in [3.8, 4) is 0 Å². The number of ether oxygens (including phenoxy) is 1. The molecule has 0 aromatic heterocycles. The number of alkyl halides is 2. The highest BCUT2D eigenvalue weighted by atomic mass is 19.3. The Morgan fingerprint density at radius 2 is 2.03 bits per heavy atom. The molecule has 0 radical (unpaired) electrons. The number of nitrogens with zero attached hydrogens (tertiary/aromatic N) is 5. The van der Waals surface area contributed by atoms with Gasteiger partial charge in [0.1, 0.15) is 18.5 Å². The first kappa shape index (κ1) is 25.4. The van der Waals surface area contributed by atoms with Gasteiger partial charge in [0.15, 0.2) is 0 Å². The molecule has 2 fully saturated rings. The second-order valence-corrected chi connectivity index (χ2v) is 8.38. The largest absolute Gasteiger partial charge is 0.442 e. The monoisotopic (exact) mass is 512 g/mol. The number of amides is 3. The van der Waals surface area contributed by atoms with Crippen LogP contribution >= 0.6 is 0 Å². The topological polar surface area (TPSA) is 113 Å². The molecule has 0 spiro atoms. The molecule has 15 heteroatoms. The normalized spacial score (nSPS) is 20.3. The van der Waals surface area contributed by atoms with Gasteiger partial charge < -0.3 is 15.0 Å². The molecule has 3 N–H and O–H groups in total. The van der Waals surface area contributed by atoms with Crippen LogP contribution in [0.3, 0.4) is 0 Å². The van der Waals surface area contributed by atoms with E-state index < -0.39 is 30.3 Å². The Bertz CT molecular complexity index is 1030. The lowest BCUT2D eigenvalue weighted by molar-refractivity contribution is -0.135. The molecule has 0 unspecified atom stereocenters. The van der Waals surface area contributed by atoms with Gasteiger partial charge in [-0.25, -0.2) is 14.6 Å². The first-order valence-electron chi connectivity index (χ1n) is 11.3. The minimum absolute atomic E-state index is 0.0251. The van der Waals surface area contributed by atoms with Crippen molar-refractivity contribution in [3.05, 3.63) is 36.4 Å². The van der Waals surface area contributed by atoms with Crippen molar-refractivity contribution in [2.24, 2.45) is 0 Å². The number of cyclic esters (lactones) is 1. The van der Waals surface area contributed by atoms with Crippen molar-refractivity contribution < 1.29 is 32.3 Å². The van der Waals surface area contributed by atoms with Crippen LogP contribution in [0.15, 0.2) is 30.6 Å². The van der Waals surface area contributed by atoms with Crippen molar-refractivity contribution >= 4 is 29.3 Å². The number of carbonyl (C=O) groups excluding carboxylic acids is 3. The summed E-state index contributed by atoms with van der Waals surface area (Å²) < 4.78 is 44.8. The fourth-order valence-corrected chi connectivity index (χ4v) is 4.00. The smallest absolute Gasteiger partial charge is 0.414 e. The second-order valence-electron chi connectivity index (χ2n) is 8.38. The summed E-state index contributed by atoms with van der Waals surface area (Å²) in [6.07, 6.45) is -1.24.